The minimum atomic E-state index is 0.268. The standard InChI is InChI=1S/C52H34S/c1-3-16-33(17-4-1)48-36-20-7-9-22-38(36)50(39-23-10-8-21-37(39)48)35-30-31-47-46(32-35)44-28-15-29-45(52(44)53-47)51-42-26-13-11-24-40(42)49(34-18-5-2-6-19-34)41-25-12-14-27-43(41)51/h1-32,40,49H. The van der Waals surface area contributed by atoms with Crippen LogP contribution in [0.1, 0.15) is 28.2 Å². The molecule has 2 atom stereocenters. The van der Waals surface area contributed by atoms with Crippen LogP contribution >= 0.6 is 11.3 Å². The van der Waals surface area contributed by atoms with Crippen LogP contribution in [0.5, 0.6) is 0 Å². The average molecular weight is 691 g/mol. The zero-order valence-corrected chi connectivity index (χ0v) is 29.9. The smallest absolute Gasteiger partial charge is 0.0434 e. The Hall–Kier alpha value is -6.28. The van der Waals surface area contributed by atoms with Crippen molar-refractivity contribution in [3.05, 3.63) is 222 Å². The zero-order chi connectivity index (χ0) is 34.9. The van der Waals surface area contributed by atoms with E-state index in [0.29, 0.717) is 0 Å². The Labute approximate surface area is 313 Å². The molecule has 2 unspecified atom stereocenters. The van der Waals surface area contributed by atoms with Crippen molar-refractivity contribution in [3.63, 3.8) is 0 Å². The average Bonchev–Trinajstić information content (AvgIpc) is 3.61. The molecule has 2 aliphatic rings. The molecule has 8 aromatic carbocycles. The van der Waals surface area contributed by atoms with Gasteiger partial charge in [0.25, 0.3) is 0 Å². The molecule has 0 fully saturated rings. The number of hydrogen-bond acceptors (Lipinski definition) is 1. The summed E-state index contributed by atoms with van der Waals surface area (Å²) < 4.78 is 2.67. The van der Waals surface area contributed by atoms with Gasteiger partial charge < -0.3 is 0 Å². The summed E-state index contributed by atoms with van der Waals surface area (Å²) >= 11 is 1.93. The van der Waals surface area contributed by atoms with Crippen LogP contribution in [0.15, 0.2) is 200 Å². The summed E-state index contributed by atoms with van der Waals surface area (Å²) in [5.74, 6) is 0.540. The Morgan fingerprint density at radius 3 is 1.77 bits per heavy atom. The predicted molar refractivity (Wildman–Crippen MR) is 228 cm³/mol. The minimum Gasteiger partial charge on any atom is -0.135 e. The van der Waals surface area contributed by atoms with Crippen molar-refractivity contribution in [2.75, 3.05) is 0 Å². The molecular formula is C52H34S. The summed E-state index contributed by atoms with van der Waals surface area (Å²) in [6, 6.07) is 63.0. The molecule has 0 bridgehead atoms. The van der Waals surface area contributed by atoms with Crippen molar-refractivity contribution >= 4 is 58.6 Å². The Morgan fingerprint density at radius 2 is 1.04 bits per heavy atom. The number of hydrogen-bond donors (Lipinski definition) is 0. The van der Waals surface area contributed by atoms with Crippen LogP contribution in [-0.4, -0.2) is 0 Å². The van der Waals surface area contributed by atoms with E-state index in [-0.39, 0.29) is 11.8 Å². The maximum atomic E-state index is 2.46. The van der Waals surface area contributed by atoms with Crippen LogP contribution in [0.4, 0.5) is 0 Å². The van der Waals surface area contributed by atoms with E-state index in [1.807, 2.05) is 11.3 Å². The van der Waals surface area contributed by atoms with Crippen molar-refractivity contribution in [2.24, 2.45) is 5.92 Å². The fraction of sp³-hybridized carbons (Fsp3) is 0.0385. The van der Waals surface area contributed by atoms with E-state index in [4.69, 9.17) is 0 Å². The molecule has 0 N–H and O–H groups in total. The van der Waals surface area contributed by atoms with E-state index in [1.54, 1.807) is 0 Å². The fourth-order valence-electron chi connectivity index (χ4n) is 9.30. The Kier molecular flexibility index (Phi) is 6.96. The maximum absolute atomic E-state index is 2.46. The monoisotopic (exact) mass is 690 g/mol. The first-order valence-corrected chi connectivity index (χ1v) is 19.3. The number of benzene rings is 8. The number of thiophene rings is 1. The van der Waals surface area contributed by atoms with E-state index in [0.717, 1.165) is 0 Å². The third-order valence-electron chi connectivity index (χ3n) is 11.5. The lowest BCUT2D eigenvalue weighted by Gasteiger charge is -2.37. The van der Waals surface area contributed by atoms with E-state index in [9.17, 15) is 0 Å². The second-order valence-corrected chi connectivity index (χ2v) is 15.3. The first-order chi connectivity index (χ1) is 26.3. The molecule has 1 aromatic heterocycles. The van der Waals surface area contributed by atoms with Gasteiger partial charge in [-0.3, -0.25) is 0 Å². The van der Waals surface area contributed by atoms with Crippen molar-refractivity contribution in [3.8, 4) is 22.3 Å². The fourth-order valence-corrected chi connectivity index (χ4v) is 10.5. The molecule has 11 rings (SSSR count). The second kappa shape index (κ2) is 12.2. The molecule has 0 saturated carbocycles. The van der Waals surface area contributed by atoms with Crippen LogP contribution < -0.4 is 0 Å². The predicted octanol–water partition coefficient (Wildman–Crippen LogP) is 14.4. The van der Waals surface area contributed by atoms with E-state index >= 15 is 0 Å². The topological polar surface area (TPSA) is 0 Å². The van der Waals surface area contributed by atoms with Gasteiger partial charge >= 0.3 is 0 Å². The molecule has 248 valence electrons. The van der Waals surface area contributed by atoms with Crippen LogP contribution in [0.2, 0.25) is 0 Å². The lowest BCUT2D eigenvalue weighted by Crippen LogP contribution is -2.22. The molecule has 9 aromatic rings. The maximum Gasteiger partial charge on any atom is 0.0434 e. The molecule has 0 amide bonds. The van der Waals surface area contributed by atoms with E-state index in [2.05, 4.69) is 194 Å². The van der Waals surface area contributed by atoms with Crippen LogP contribution in [0, 0.1) is 5.92 Å². The van der Waals surface area contributed by atoms with E-state index in [1.165, 1.54) is 97.4 Å². The van der Waals surface area contributed by atoms with Gasteiger partial charge in [0.2, 0.25) is 0 Å². The highest BCUT2D eigenvalue weighted by atomic mass is 32.1. The molecule has 53 heavy (non-hydrogen) atoms. The van der Waals surface area contributed by atoms with Crippen LogP contribution in [0.3, 0.4) is 0 Å². The Bertz CT molecular complexity index is 2940. The summed E-state index contributed by atoms with van der Waals surface area (Å²) in [6.45, 7) is 0. The molecule has 0 aliphatic heterocycles. The second-order valence-electron chi connectivity index (χ2n) is 14.3. The van der Waals surface area contributed by atoms with Gasteiger partial charge in [0.15, 0.2) is 0 Å². The molecule has 2 aliphatic carbocycles. The van der Waals surface area contributed by atoms with Gasteiger partial charge in [-0.2, -0.15) is 0 Å². The molecule has 0 nitrogen and oxygen atoms in total. The van der Waals surface area contributed by atoms with Gasteiger partial charge in [-0.15, -0.1) is 11.3 Å². The highest BCUT2D eigenvalue weighted by molar-refractivity contribution is 7.26. The summed E-state index contributed by atoms with van der Waals surface area (Å²) in [4.78, 5) is 0. The highest BCUT2D eigenvalue weighted by Gasteiger charge is 2.35. The van der Waals surface area contributed by atoms with Crippen LogP contribution in [-0.2, 0) is 0 Å². The summed E-state index contributed by atoms with van der Waals surface area (Å²) in [6.07, 6.45) is 9.23. The number of allylic oxidation sites excluding steroid dienone is 5. The van der Waals surface area contributed by atoms with Gasteiger partial charge in [-0.1, -0.05) is 182 Å². The molecule has 0 radical (unpaired) electrons. The van der Waals surface area contributed by atoms with Gasteiger partial charge in [-0.05, 0) is 83.8 Å². The number of rotatable bonds is 4. The molecular weight excluding hydrogens is 657 g/mol. The van der Waals surface area contributed by atoms with Gasteiger partial charge in [0, 0.05) is 37.6 Å². The molecule has 1 heterocycles. The Morgan fingerprint density at radius 1 is 0.434 bits per heavy atom. The Balaban J connectivity index is 1.14. The summed E-state index contributed by atoms with van der Waals surface area (Å²) in [5.41, 5.74) is 13.3. The minimum absolute atomic E-state index is 0.268. The SMILES string of the molecule is C1=CC2=C(c3cccc4c3sc3ccc(-c5c6ccccc6c(-c6ccccc6)c6ccccc56)cc34)c3ccccc3C(c3ccccc3)C2C=C1. The van der Waals surface area contributed by atoms with Crippen molar-refractivity contribution in [1.29, 1.82) is 0 Å². The number of fused-ring (bicyclic) bond motifs is 7. The lowest BCUT2D eigenvalue weighted by molar-refractivity contribution is 0.649. The van der Waals surface area contributed by atoms with Crippen molar-refractivity contribution in [1.82, 2.24) is 0 Å². The zero-order valence-electron chi connectivity index (χ0n) is 29.0. The van der Waals surface area contributed by atoms with Gasteiger partial charge in [0.05, 0.1) is 0 Å². The normalized spacial score (nSPS) is 16.5. The molecule has 1 heteroatoms. The largest absolute Gasteiger partial charge is 0.135 e. The molecule has 0 spiro atoms. The van der Waals surface area contributed by atoms with E-state index < -0.39 is 0 Å². The third-order valence-corrected chi connectivity index (χ3v) is 12.7. The van der Waals surface area contributed by atoms with Crippen molar-refractivity contribution in [2.45, 2.75) is 5.92 Å². The quantitative estimate of drug-likeness (QED) is 0.161. The summed E-state index contributed by atoms with van der Waals surface area (Å²) in [7, 11) is 0. The van der Waals surface area contributed by atoms with Crippen molar-refractivity contribution < 1.29 is 0 Å². The van der Waals surface area contributed by atoms with Crippen LogP contribution in [0.25, 0.3) is 69.5 Å². The lowest BCUT2D eigenvalue weighted by atomic mass is 9.66. The highest BCUT2D eigenvalue weighted by Crippen LogP contribution is 2.52. The third kappa shape index (κ3) is 4.68. The van der Waals surface area contributed by atoms with Gasteiger partial charge in [-0.25, -0.2) is 0 Å². The first kappa shape index (κ1) is 30.4. The molecule has 0 saturated heterocycles. The first-order valence-electron chi connectivity index (χ1n) is 18.5. The van der Waals surface area contributed by atoms with Gasteiger partial charge in [0.1, 0.15) is 0 Å². The summed E-state index contributed by atoms with van der Waals surface area (Å²) in [5, 5.41) is 7.77.